The van der Waals surface area contributed by atoms with Gasteiger partial charge in [-0.1, -0.05) is 72.8 Å². The zero-order valence-electron chi connectivity index (χ0n) is 26.1. The average Bonchev–Trinajstić information content (AvgIpc) is 3.81. The molecular formula is C44H24N4O. The molecule has 0 amide bonds. The molecule has 0 atom stereocenters. The zero-order chi connectivity index (χ0) is 32.6. The molecule has 226 valence electrons. The molecule has 3 aromatic heterocycles. The minimum Gasteiger partial charge on any atom is -0.455 e. The first-order chi connectivity index (χ1) is 24.2. The zero-order valence-corrected chi connectivity index (χ0v) is 26.1. The van der Waals surface area contributed by atoms with E-state index in [1.807, 2.05) is 54.6 Å². The SMILES string of the molecule is N#Cc1ccc2c(c1)c1ccccc1n2-c1ccccc1-c1ccccc1-n1c2ccc(C#N)cc2c2c3oc4ccccc4c3ccc21. The van der Waals surface area contributed by atoms with E-state index in [9.17, 15) is 10.5 Å². The molecule has 0 radical (unpaired) electrons. The molecule has 10 aromatic rings. The predicted molar refractivity (Wildman–Crippen MR) is 197 cm³/mol. The van der Waals surface area contributed by atoms with Crippen LogP contribution in [0.2, 0.25) is 0 Å². The van der Waals surface area contributed by atoms with E-state index in [1.54, 1.807) is 0 Å². The summed E-state index contributed by atoms with van der Waals surface area (Å²) in [6.45, 7) is 0. The third-order valence-electron chi connectivity index (χ3n) is 9.78. The van der Waals surface area contributed by atoms with Gasteiger partial charge in [-0.3, -0.25) is 0 Å². The molecule has 3 heterocycles. The summed E-state index contributed by atoms with van der Waals surface area (Å²) in [5, 5.41) is 25.8. The summed E-state index contributed by atoms with van der Waals surface area (Å²) < 4.78 is 11.2. The lowest BCUT2D eigenvalue weighted by molar-refractivity contribution is 0.673. The number of furan rings is 1. The van der Waals surface area contributed by atoms with Gasteiger partial charge in [-0.2, -0.15) is 10.5 Å². The van der Waals surface area contributed by atoms with Crippen molar-refractivity contribution in [2.24, 2.45) is 0 Å². The number of nitriles is 2. The van der Waals surface area contributed by atoms with Crippen LogP contribution in [-0.2, 0) is 0 Å². The van der Waals surface area contributed by atoms with Crippen LogP contribution in [-0.4, -0.2) is 9.13 Å². The fourth-order valence-electron chi connectivity index (χ4n) is 7.71. The molecule has 10 rings (SSSR count). The topological polar surface area (TPSA) is 70.6 Å². The second-order valence-electron chi connectivity index (χ2n) is 12.3. The Kier molecular flexibility index (Phi) is 5.64. The van der Waals surface area contributed by atoms with Crippen molar-refractivity contribution in [3.63, 3.8) is 0 Å². The second-order valence-corrected chi connectivity index (χ2v) is 12.3. The van der Waals surface area contributed by atoms with Gasteiger partial charge in [-0.05, 0) is 72.8 Å². The van der Waals surface area contributed by atoms with Gasteiger partial charge in [0.05, 0.1) is 62.1 Å². The smallest absolute Gasteiger partial charge is 0.145 e. The molecule has 0 fully saturated rings. The highest BCUT2D eigenvalue weighted by Gasteiger charge is 2.22. The van der Waals surface area contributed by atoms with Crippen LogP contribution >= 0.6 is 0 Å². The van der Waals surface area contributed by atoms with Crippen LogP contribution in [0.25, 0.3) is 88.1 Å². The van der Waals surface area contributed by atoms with E-state index in [0.717, 1.165) is 88.1 Å². The van der Waals surface area contributed by atoms with E-state index in [2.05, 4.69) is 112 Å². The van der Waals surface area contributed by atoms with E-state index in [-0.39, 0.29) is 0 Å². The number of hydrogen-bond donors (Lipinski definition) is 0. The summed E-state index contributed by atoms with van der Waals surface area (Å²) in [7, 11) is 0. The van der Waals surface area contributed by atoms with E-state index in [1.165, 1.54) is 0 Å². The number of rotatable bonds is 3. The standard InChI is InChI=1S/C44H24N4O/c45-25-27-17-20-39-34(23-27)31-11-3-7-15-38(31)47(39)36-13-5-1-9-29(36)30-10-2-6-14-37(30)48-40-21-18-28(26-46)24-35(40)43-41(48)22-19-33-32-12-4-8-16-42(32)49-44(33)43/h1-24H. The molecular weight excluding hydrogens is 601 g/mol. The number of fused-ring (bicyclic) bond motifs is 10. The minimum absolute atomic E-state index is 0.601. The van der Waals surface area contributed by atoms with Crippen LogP contribution in [0, 0.1) is 22.7 Å². The molecule has 7 aromatic carbocycles. The van der Waals surface area contributed by atoms with Crippen LogP contribution in [0.15, 0.2) is 150 Å². The Balaban J connectivity index is 1.30. The van der Waals surface area contributed by atoms with Crippen molar-refractivity contribution in [1.82, 2.24) is 9.13 Å². The van der Waals surface area contributed by atoms with Gasteiger partial charge in [0.1, 0.15) is 11.2 Å². The Morgan fingerprint density at radius 2 is 0.959 bits per heavy atom. The number of para-hydroxylation sites is 4. The van der Waals surface area contributed by atoms with Crippen LogP contribution in [0.1, 0.15) is 11.1 Å². The highest BCUT2D eigenvalue weighted by Crippen LogP contribution is 2.44. The van der Waals surface area contributed by atoms with Crippen molar-refractivity contribution < 1.29 is 4.42 Å². The summed E-state index contributed by atoms with van der Waals surface area (Å²) in [5.41, 5.74) is 11.2. The van der Waals surface area contributed by atoms with Crippen LogP contribution < -0.4 is 0 Å². The summed E-state index contributed by atoms with van der Waals surface area (Å²) in [6, 6.07) is 54.3. The minimum atomic E-state index is 0.601. The van der Waals surface area contributed by atoms with Crippen LogP contribution in [0.5, 0.6) is 0 Å². The molecule has 49 heavy (non-hydrogen) atoms. The number of hydrogen-bond acceptors (Lipinski definition) is 3. The normalized spacial score (nSPS) is 11.6. The summed E-state index contributed by atoms with van der Waals surface area (Å²) >= 11 is 0. The van der Waals surface area contributed by atoms with Crippen molar-refractivity contribution in [3.05, 3.63) is 157 Å². The van der Waals surface area contributed by atoms with Crippen LogP contribution in [0.3, 0.4) is 0 Å². The van der Waals surface area contributed by atoms with Gasteiger partial charge < -0.3 is 13.6 Å². The van der Waals surface area contributed by atoms with Crippen LogP contribution in [0.4, 0.5) is 0 Å². The molecule has 0 N–H and O–H groups in total. The summed E-state index contributed by atoms with van der Waals surface area (Å²) in [5.74, 6) is 0. The lowest BCUT2D eigenvalue weighted by atomic mass is 10.0. The Morgan fingerprint density at radius 1 is 0.429 bits per heavy atom. The average molecular weight is 625 g/mol. The second kappa shape index (κ2) is 10.2. The first-order valence-corrected chi connectivity index (χ1v) is 16.1. The molecule has 0 saturated carbocycles. The molecule has 0 unspecified atom stereocenters. The highest BCUT2D eigenvalue weighted by atomic mass is 16.3. The fourth-order valence-corrected chi connectivity index (χ4v) is 7.71. The van der Waals surface area contributed by atoms with E-state index >= 15 is 0 Å². The van der Waals surface area contributed by atoms with Gasteiger partial charge in [-0.15, -0.1) is 0 Å². The van der Waals surface area contributed by atoms with E-state index in [0.29, 0.717) is 11.1 Å². The van der Waals surface area contributed by atoms with Gasteiger partial charge in [0, 0.05) is 38.1 Å². The molecule has 0 saturated heterocycles. The molecule has 0 aliphatic heterocycles. The van der Waals surface area contributed by atoms with Gasteiger partial charge >= 0.3 is 0 Å². The Labute approximate surface area is 280 Å². The van der Waals surface area contributed by atoms with Crippen molar-refractivity contribution in [3.8, 4) is 34.6 Å². The molecule has 5 heteroatoms. The summed E-state index contributed by atoms with van der Waals surface area (Å²) in [4.78, 5) is 0. The largest absolute Gasteiger partial charge is 0.455 e. The van der Waals surface area contributed by atoms with Gasteiger partial charge in [0.15, 0.2) is 0 Å². The van der Waals surface area contributed by atoms with Crippen molar-refractivity contribution in [1.29, 1.82) is 10.5 Å². The Morgan fingerprint density at radius 3 is 1.67 bits per heavy atom. The molecule has 0 aliphatic carbocycles. The van der Waals surface area contributed by atoms with Gasteiger partial charge in [0.25, 0.3) is 0 Å². The maximum atomic E-state index is 9.92. The predicted octanol–water partition coefficient (Wildman–Crippen LogP) is 11.2. The van der Waals surface area contributed by atoms with Crippen molar-refractivity contribution in [2.75, 3.05) is 0 Å². The maximum Gasteiger partial charge on any atom is 0.145 e. The summed E-state index contributed by atoms with van der Waals surface area (Å²) in [6.07, 6.45) is 0. The van der Waals surface area contributed by atoms with E-state index < -0.39 is 0 Å². The molecule has 0 spiro atoms. The molecule has 5 nitrogen and oxygen atoms in total. The molecule has 0 aliphatic rings. The molecule has 0 bridgehead atoms. The lowest BCUT2D eigenvalue weighted by Crippen LogP contribution is -2.01. The maximum absolute atomic E-state index is 9.92. The monoisotopic (exact) mass is 624 g/mol. The lowest BCUT2D eigenvalue weighted by Gasteiger charge is -2.18. The number of benzene rings is 7. The van der Waals surface area contributed by atoms with Crippen molar-refractivity contribution in [2.45, 2.75) is 0 Å². The fraction of sp³-hybridized carbons (Fsp3) is 0. The Hall–Kier alpha value is -7.08. The number of aromatic nitrogens is 2. The third-order valence-corrected chi connectivity index (χ3v) is 9.78. The van der Waals surface area contributed by atoms with E-state index in [4.69, 9.17) is 4.42 Å². The highest BCUT2D eigenvalue weighted by molar-refractivity contribution is 6.24. The first-order valence-electron chi connectivity index (χ1n) is 16.1. The number of nitrogens with zero attached hydrogens (tertiary/aromatic N) is 4. The van der Waals surface area contributed by atoms with Crippen molar-refractivity contribution >= 4 is 65.6 Å². The quantitative estimate of drug-likeness (QED) is 0.196. The first kappa shape index (κ1) is 27.1. The van der Waals surface area contributed by atoms with Gasteiger partial charge in [-0.25, -0.2) is 0 Å². The third kappa shape index (κ3) is 3.79. The Bertz CT molecular complexity index is 3090. The van der Waals surface area contributed by atoms with Gasteiger partial charge in [0.2, 0.25) is 0 Å².